The molecule has 35 heavy (non-hydrogen) atoms. The zero-order chi connectivity index (χ0) is 25.1. The lowest BCUT2D eigenvalue weighted by atomic mass is 10.2. The maximum absolute atomic E-state index is 13.3. The third-order valence-corrected chi connectivity index (χ3v) is 5.50. The van der Waals surface area contributed by atoms with Crippen LogP contribution in [0.4, 0.5) is 4.39 Å². The Bertz CT molecular complexity index is 1590. The fraction of sp³-hybridized carbons (Fsp3) is 0.269. The summed E-state index contributed by atoms with van der Waals surface area (Å²) < 4.78 is 22.0. The Morgan fingerprint density at radius 1 is 1.23 bits per heavy atom. The molecule has 1 amide bonds. The first-order valence-electron chi connectivity index (χ1n) is 11.2. The van der Waals surface area contributed by atoms with Crippen molar-refractivity contribution in [3.05, 3.63) is 87.0 Å². The highest BCUT2D eigenvalue weighted by Gasteiger charge is 2.16. The van der Waals surface area contributed by atoms with E-state index in [0.29, 0.717) is 30.9 Å². The SMILES string of the molecule is Cc1cccn2c(=O)c3cc(C#N)c(=NC(=O)c4ccc(F)cc4)n(CCCOC(C)C)c3nc12. The van der Waals surface area contributed by atoms with Gasteiger partial charge in [-0.2, -0.15) is 10.3 Å². The summed E-state index contributed by atoms with van der Waals surface area (Å²) in [5.74, 6) is -1.11. The summed E-state index contributed by atoms with van der Waals surface area (Å²) in [6.07, 6.45) is 2.20. The summed E-state index contributed by atoms with van der Waals surface area (Å²) >= 11 is 0. The average Bonchev–Trinajstić information content (AvgIpc) is 2.83. The first kappa shape index (κ1) is 24.0. The van der Waals surface area contributed by atoms with E-state index < -0.39 is 11.7 Å². The van der Waals surface area contributed by atoms with Crippen LogP contribution in [0.15, 0.2) is 58.4 Å². The molecule has 8 nitrogen and oxygen atoms in total. The molecule has 9 heteroatoms. The summed E-state index contributed by atoms with van der Waals surface area (Å²) in [7, 11) is 0. The second-order valence-corrected chi connectivity index (χ2v) is 8.38. The predicted octanol–water partition coefficient (Wildman–Crippen LogP) is 3.52. The molecule has 0 radical (unpaired) electrons. The number of hydrogen-bond donors (Lipinski definition) is 0. The zero-order valence-corrected chi connectivity index (χ0v) is 19.7. The maximum Gasteiger partial charge on any atom is 0.278 e. The Hall–Kier alpha value is -4.16. The first-order valence-corrected chi connectivity index (χ1v) is 11.2. The van der Waals surface area contributed by atoms with Gasteiger partial charge in [0.15, 0.2) is 5.49 Å². The van der Waals surface area contributed by atoms with E-state index in [2.05, 4.69) is 11.1 Å². The molecule has 3 heterocycles. The van der Waals surface area contributed by atoms with Crippen molar-refractivity contribution in [2.75, 3.05) is 6.61 Å². The van der Waals surface area contributed by atoms with Crippen LogP contribution in [0.2, 0.25) is 0 Å². The van der Waals surface area contributed by atoms with Crippen LogP contribution in [-0.4, -0.2) is 32.6 Å². The van der Waals surface area contributed by atoms with Gasteiger partial charge in [-0.25, -0.2) is 9.37 Å². The van der Waals surface area contributed by atoms with E-state index >= 15 is 0 Å². The van der Waals surface area contributed by atoms with Crippen molar-refractivity contribution in [1.82, 2.24) is 14.0 Å². The molecule has 178 valence electrons. The molecule has 0 N–H and O–H groups in total. The third-order valence-electron chi connectivity index (χ3n) is 5.50. The van der Waals surface area contributed by atoms with Crippen LogP contribution >= 0.6 is 0 Å². The Morgan fingerprint density at radius 3 is 2.66 bits per heavy atom. The number of nitriles is 1. The molecular weight excluding hydrogens is 449 g/mol. The molecule has 0 fully saturated rings. The summed E-state index contributed by atoms with van der Waals surface area (Å²) in [4.78, 5) is 35.2. The largest absolute Gasteiger partial charge is 0.379 e. The van der Waals surface area contributed by atoms with Gasteiger partial charge in [0.25, 0.3) is 11.5 Å². The molecule has 0 aliphatic heterocycles. The second-order valence-electron chi connectivity index (χ2n) is 8.38. The molecule has 3 aromatic heterocycles. The molecular formula is C26H24FN5O3. The summed E-state index contributed by atoms with van der Waals surface area (Å²) in [5.41, 5.74) is 1.58. The predicted molar refractivity (Wildman–Crippen MR) is 128 cm³/mol. The van der Waals surface area contributed by atoms with Crippen LogP contribution in [-0.2, 0) is 11.3 Å². The third kappa shape index (κ3) is 4.88. The lowest BCUT2D eigenvalue weighted by Gasteiger charge is -2.15. The topological polar surface area (TPSA) is 102 Å². The average molecular weight is 474 g/mol. The summed E-state index contributed by atoms with van der Waals surface area (Å²) in [6.45, 7) is 6.45. The van der Waals surface area contributed by atoms with Crippen molar-refractivity contribution < 1.29 is 13.9 Å². The smallest absolute Gasteiger partial charge is 0.278 e. The second kappa shape index (κ2) is 9.99. The van der Waals surface area contributed by atoms with Crippen LogP contribution in [0.25, 0.3) is 16.7 Å². The van der Waals surface area contributed by atoms with E-state index in [1.165, 1.54) is 34.7 Å². The van der Waals surface area contributed by atoms with Crippen LogP contribution < -0.4 is 11.0 Å². The number of rotatable bonds is 6. The number of hydrogen-bond acceptors (Lipinski definition) is 5. The zero-order valence-electron chi connectivity index (χ0n) is 19.7. The number of nitrogens with zero attached hydrogens (tertiary/aromatic N) is 5. The van der Waals surface area contributed by atoms with Gasteiger partial charge < -0.3 is 9.30 Å². The number of halogens is 1. The number of carbonyl (C=O) groups is 1. The number of carbonyl (C=O) groups excluding carboxylic acids is 1. The summed E-state index contributed by atoms with van der Waals surface area (Å²) in [6, 6.07) is 12.1. The number of amides is 1. The van der Waals surface area contributed by atoms with E-state index in [4.69, 9.17) is 9.72 Å². The van der Waals surface area contributed by atoms with Crippen molar-refractivity contribution in [3.8, 4) is 6.07 Å². The van der Waals surface area contributed by atoms with E-state index in [1.807, 2.05) is 26.8 Å². The molecule has 4 rings (SSSR count). The number of aromatic nitrogens is 3. The number of pyridine rings is 2. The van der Waals surface area contributed by atoms with Crippen LogP contribution in [0.1, 0.15) is 41.8 Å². The van der Waals surface area contributed by atoms with Crippen molar-refractivity contribution in [2.45, 2.75) is 39.8 Å². The van der Waals surface area contributed by atoms with Gasteiger partial charge in [0.1, 0.15) is 23.2 Å². The van der Waals surface area contributed by atoms with Gasteiger partial charge >= 0.3 is 0 Å². The quantitative estimate of drug-likeness (QED) is 0.315. The molecule has 0 bridgehead atoms. The molecule has 0 spiro atoms. The minimum Gasteiger partial charge on any atom is -0.379 e. The van der Waals surface area contributed by atoms with Gasteiger partial charge in [-0.05, 0) is 69.2 Å². The molecule has 0 saturated heterocycles. The molecule has 0 atom stereocenters. The number of fused-ring (bicyclic) bond motifs is 2. The van der Waals surface area contributed by atoms with E-state index in [9.17, 15) is 19.2 Å². The van der Waals surface area contributed by atoms with E-state index in [0.717, 1.165) is 5.56 Å². The van der Waals surface area contributed by atoms with Crippen LogP contribution in [0.3, 0.4) is 0 Å². The van der Waals surface area contributed by atoms with Crippen molar-refractivity contribution in [2.24, 2.45) is 4.99 Å². The highest BCUT2D eigenvalue weighted by Crippen LogP contribution is 2.14. The first-order chi connectivity index (χ1) is 16.8. The van der Waals surface area contributed by atoms with E-state index in [1.54, 1.807) is 16.8 Å². The van der Waals surface area contributed by atoms with Gasteiger partial charge in [-0.3, -0.25) is 14.0 Å². The monoisotopic (exact) mass is 473 g/mol. The Labute approximate surface area is 200 Å². The Balaban J connectivity index is 2.00. The standard InChI is InChI=1S/C26H24FN5O3/c1-16(2)35-13-5-12-31-23(30-25(33)18-7-9-20(27)10-8-18)19(15-28)14-21-24(31)29-22-17(3)6-4-11-32(22)26(21)34/h4,6-11,14,16H,5,12-13H2,1-3H3. The highest BCUT2D eigenvalue weighted by atomic mass is 19.1. The van der Waals surface area contributed by atoms with Gasteiger partial charge in [0, 0.05) is 24.9 Å². The lowest BCUT2D eigenvalue weighted by Crippen LogP contribution is -2.30. The van der Waals surface area contributed by atoms with Gasteiger partial charge in [-0.15, -0.1) is 0 Å². The number of benzene rings is 1. The summed E-state index contributed by atoms with van der Waals surface area (Å²) in [5, 5.41) is 10.1. The van der Waals surface area contributed by atoms with Crippen molar-refractivity contribution in [1.29, 1.82) is 5.26 Å². The van der Waals surface area contributed by atoms with Gasteiger partial charge in [0.05, 0.1) is 17.1 Å². The van der Waals surface area contributed by atoms with Crippen molar-refractivity contribution in [3.63, 3.8) is 0 Å². The van der Waals surface area contributed by atoms with Crippen LogP contribution in [0.5, 0.6) is 0 Å². The van der Waals surface area contributed by atoms with Crippen LogP contribution in [0, 0.1) is 24.1 Å². The number of ether oxygens (including phenoxy) is 1. The Kier molecular flexibility index (Phi) is 6.85. The Morgan fingerprint density at radius 2 is 1.97 bits per heavy atom. The normalized spacial score (nSPS) is 11.9. The van der Waals surface area contributed by atoms with Gasteiger partial charge in [-0.1, -0.05) is 6.07 Å². The minimum absolute atomic E-state index is 0.0424. The van der Waals surface area contributed by atoms with Crippen molar-refractivity contribution >= 4 is 22.6 Å². The minimum atomic E-state index is -0.637. The lowest BCUT2D eigenvalue weighted by molar-refractivity contribution is 0.0748. The van der Waals surface area contributed by atoms with Gasteiger partial charge in [0.2, 0.25) is 0 Å². The molecule has 0 aliphatic carbocycles. The molecule has 0 unspecified atom stereocenters. The molecule has 1 aromatic carbocycles. The molecule has 0 aliphatic rings. The molecule has 4 aromatic rings. The fourth-order valence-electron chi connectivity index (χ4n) is 3.80. The molecule has 0 saturated carbocycles. The highest BCUT2D eigenvalue weighted by molar-refractivity contribution is 5.95. The number of aryl methyl sites for hydroxylation is 2. The fourth-order valence-corrected chi connectivity index (χ4v) is 3.80. The van der Waals surface area contributed by atoms with E-state index in [-0.39, 0.29) is 33.7 Å². The maximum atomic E-state index is 13.3.